The Hall–Kier alpha value is -2.70. The lowest BCUT2D eigenvalue weighted by Gasteiger charge is -2.08. The number of carbonyl (C=O) groups excluding carboxylic acids is 1. The number of carbonyl (C=O) groups is 1. The largest absolute Gasteiger partial charge is 0.377 e. The molecule has 0 radical (unpaired) electrons. The summed E-state index contributed by atoms with van der Waals surface area (Å²) < 4.78 is 5.65. The van der Waals surface area contributed by atoms with Crippen LogP contribution in [0.15, 0.2) is 48.6 Å². The zero-order valence-electron chi connectivity index (χ0n) is 18.7. The highest BCUT2D eigenvalue weighted by Crippen LogP contribution is 2.23. The van der Waals surface area contributed by atoms with Crippen molar-refractivity contribution < 1.29 is 9.53 Å². The average Bonchev–Trinajstić information content (AvgIpc) is 3.19. The van der Waals surface area contributed by atoms with Gasteiger partial charge in [0.1, 0.15) is 0 Å². The predicted molar refractivity (Wildman–Crippen MR) is 123 cm³/mol. The van der Waals surface area contributed by atoms with Crippen LogP contribution in [0.4, 0.5) is 0 Å². The van der Waals surface area contributed by atoms with E-state index in [4.69, 9.17) is 4.74 Å². The number of H-pyrrole nitrogens is 1. The van der Waals surface area contributed by atoms with E-state index in [0.29, 0.717) is 12.2 Å². The number of hydrogen-bond acceptors (Lipinski definition) is 4. The van der Waals surface area contributed by atoms with E-state index in [9.17, 15) is 4.79 Å². The van der Waals surface area contributed by atoms with Crippen LogP contribution in [-0.2, 0) is 4.74 Å². The molecule has 6 nitrogen and oxygen atoms in total. The molecule has 6 heteroatoms. The Bertz CT molecular complexity index is 866. The lowest BCUT2D eigenvalue weighted by Crippen LogP contribution is -2.30. The molecule has 0 aliphatic carbocycles. The number of rotatable bonds is 11. The summed E-state index contributed by atoms with van der Waals surface area (Å²) in [6, 6.07) is 9.61. The van der Waals surface area contributed by atoms with E-state index in [1.54, 1.807) is 0 Å². The van der Waals surface area contributed by atoms with Gasteiger partial charge in [0.2, 0.25) is 0 Å². The molecule has 30 heavy (non-hydrogen) atoms. The molecule has 0 bridgehead atoms. The smallest absolute Gasteiger partial charge is 0.251 e. The molecule has 0 aliphatic rings. The maximum absolute atomic E-state index is 12.3. The molecule has 1 aromatic carbocycles. The minimum absolute atomic E-state index is 0.0785. The average molecular weight is 411 g/mol. The van der Waals surface area contributed by atoms with Gasteiger partial charge in [-0.15, -0.1) is 0 Å². The first-order valence-corrected chi connectivity index (χ1v) is 10.4. The van der Waals surface area contributed by atoms with Gasteiger partial charge in [0.15, 0.2) is 0 Å². The molecule has 0 atom stereocenters. The molecule has 1 aromatic heterocycles. The Kier molecular flexibility index (Phi) is 9.51. The predicted octanol–water partition coefficient (Wildman–Crippen LogP) is 4.14. The summed E-state index contributed by atoms with van der Waals surface area (Å²) in [5.41, 5.74) is 4.30. The maximum Gasteiger partial charge on any atom is 0.251 e. The molecule has 1 heterocycles. The number of aromatic nitrogens is 2. The fourth-order valence-electron chi connectivity index (χ4n) is 2.93. The highest BCUT2D eigenvalue weighted by Gasteiger charge is 2.10. The van der Waals surface area contributed by atoms with Gasteiger partial charge >= 0.3 is 0 Å². The van der Waals surface area contributed by atoms with E-state index in [2.05, 4.69) is 34.5 Å². The second-order valence-corrected chi connectivity index (χ2v) is 7.75. The highest BCUT2D eigenvalue weighted by molar-refractivity contribution is 5.95. The maximum atomic E-state index is 12.3. The Morgan fingerprint density at radius 2 is 2.10 bits per heavy atom. The lowest BCUT2D eigenvalue weighted by molar-refractivity contribution is 0.0943. The van der Waals surface area contributed by atoms with Crippen molar-refractivity contribution in [3.63, 3.8) is 0 Å². The minimum Gasteiger partial charge on any atom is -0.377 e. The Morgan fingerprint density at radius 3 is 2.80 bits per heavy atom. The van der Waals surface area contributed by atoms with Crippen LogP contribution >= 0.6 is 0 Å². The second kappa shape index (κ2) is 12.1. The number of benzene rings is 1. The molecule has 0 unspecified atom stereocenters. The van der Waals surface area contributed by atoms with Gasteiger partial charge in [0.05, 0.1) is 18.0 Å². The topological polar surface area (TPSA) is 70.2 Å². The fraction of sp³-hybridized carbons (Fsp3) is 0.417. The van der Waals surface area contributed by atoms with Gasteiger partial charge in [-0.3, -0.25) is 9.89 Å². The molecule has 162 valence electrons. The van der Waals surface area contributed by atoms with E-state index in [1.807, 2.05) is 69.3 Å². The summed E-state index contributed by atoms with van der Waals surface area (Å²) in [5, 5.41) is 10.4. The van der Waals surface area contributed by atoms with Gasteiger partial charge in [-0.05, 0) is 71.6 Å². The van der Waals surface area contributed by atoms with E-state index in [0.717, 1.165) is 42.1 Å². The number of nitrogens with one attached hydrogen (secondary N) is 2. The third kappa shape index (κ3) is 7.61. The molecule has 0 saturated heterocycles. The van der Waals surface area contributed by atoms with E-state index in [-0.39, 0.29) is 11.9 Å². The molecule has 0 spiro atoms. The summed E-state index contributed by atoms with van der Waals surface area (Å²) in [7, 11) is 4.13. The number of amides is 1. The third-order valence-electron chi connectivity index (χ3n) is 4.45. The molecule has 2 rings (SSSR count). The van der Waals surface area contributed by atoms with Crippen LogP contribution in [0, 0.1) is 0 Å². The Labute approximate surface area is 180 Å². The molecule has 0 saturated carbocycles. The van der Waals surface area contributed by atoms with Crippen molar-refractivity contribution in [3.8, 4) is 11.3 Å². The van der Waals surface area contributed by atoms with E-state index in [1.165, 1.54) is 0 Å². The van der Waals surface area contributed by atoms with Crippen molar-refractivity contribution in [2.24, 2.45) is 0 Å². The van der Waals surface area contributed by atoms with Gasteiger partial charge in [0.25, 0.3) is 5.91 Å². The van der Waals surface area contributed by atoms with Gasteiger partial charge in [-0.25, -0.2) is 0 Å². The summed E-state index contributed by atoms with van der Waals surface area (Å²) in [6.07, 6.45) is 7.11. The minimum atomic E-state index is -0.0785. The first-order chi connectivity index (χ1) is 14.4. The zero-order valence-corrected chi connectivity index (χ0v) is 18.7. The molecule has 2 aromatic rings. The number of hydrogen-bond donors (Lipinski definition) is 2. The van der Waals surface area contributed by atoms with Crippen molar-refractivity contribution in [2.75, 3.05) is 33.9 Å². The number of nitrogens with zero attached hydrogens (tertiary/aromatic N) is 2. The number of ether oxygens (including phenoxy) is 1. The zero-order chi connectivity index (χ0) is 21.9. The SMILES string of the molecule is C/C=C(\C=C/COCCCN(C)C)c1cc(-c2cccc(C(=O)NC(C)C)c2)n[nH]1. The molecular weight excluding hydrogens is 376 g/mol. The van der Waals surface area contributed by atoms with Crippen molar-refractivity contribution in [1.29, 1.82) is 0 Å². The molecule has 0 fully saturated rings. The number of aromatic amines is 1. The van der Waals surface area contributed by atoms with Crippen molar-refractivity contribution in [2.45, 2.75) is 33.2 Å². The van der Waals surface area contributed by atoms with Gasteiger partial charge in [0, 0.05) is 23.8 Å². The van der Waals surface area contributed by atoms with Gasteiger partial charge < -0.3 is 15.0 Å². The summed E-state index contributed by atoms with van der Waals surface area (Å²) >= 11 is 0. The quantitative estimate of drug-likeness (QED) is 0.431. The van der Waals surface area contributed by atoms with Crippen molar-refractivity contribution >= 4 is 11.5 Å². The van der Waals surface area contributed by atoms with Crippen LogP contribution in [-0.4, -0.2) is 60.9 Å². The van der Waals surface area contributed by atoms with Gasteiger partial charge in [-0.1, -0.05) is 30.4 Å². The first-order valence-electron chi connectivity index (χ1n) is 10.4. The molecule has 2 N–H and O–H groups in total. The van der Waals surface area contributed by atoms with Crippen LogP contribution < -0.4 is 5.32 Å². The van der Waals surface area contributed by atoms with Gasteiger partial charge in [-0.2, -0.15) is 5.10 Å². The summed E-state index contributed by atoms with van der Waals surface area (Å²) in [5.74, 6) is -0.0785. The fourth-order valence-corrected chi connectivity index (χ4v) is 2.93. The third-order valence-corrected chi connectivity index (χ3v) is 4.45. The van der Waals surface area contributed by atoms with Crippen LogP contribution in [0.2, 0.25) is 0 Å². The normalized spacial score (nSPS) is 12.3. The molecule has 0 aliphatic heterocycles. The monoisotopic (exact) mass is 410 g/mol. The summed E-state index contributed by atoms with van der Waals surface area (Å²) in [6.45, 7) is 8.25. The van der Waals surface area contributed by atoms with E-state index >= 15 is 0 Å². The molecular formula is C24H34N4O2. The van der Waals surface area contributed by atoms with Crippen LogP contribution in [0.25, 0.3) is 16.8 Å². The Balaban J connectivity index is 1.99. The van der Waals surface area contributed by atoms with Crippen LogP contribution in [0.3, 0.4) is 0 Å². The second-order valence-electron chi connectivity index (χ2n) is 7.75. The lowest BCUT2D eigenvalue weighted by atomic mass is 10.1. The van der Waals surface area contributed by atoms with Crippen molar-refractivity contribution in [1.82, 2.24) is 20.4 Å². The van der Waals surface area contributed by atoms with E-state index < -0.39 is 0 Å². The first kappa shape index (κ1) is 23.6. The standard InChI is InChI=1S/C24H34N4O2/c1-6-19(12-8-14-30-15-9-13-28(4)5)22-17-23(27-26-22)20-10-7-11-21(16-20)24(29)25-18(2)3/h6-8,10-12,16-18H,9,13-15H2,1-5H3,(H,25,29)(H,26,27)/b12-8-,19-6+. The van der Waals surface area contributed by atoms with Crippen molar-refractivity contribution in [3.05, 3.63) is 59.8 Å². The number of allylic oxidation sites excluding steroid dienone is 3. The van der Waals surface area contributed by atoms with Crippen LogP contribution in [0.5, 0.6) is 0 Å². The highest BCUT2D eigenvalue weighted by atomic mass is 16.5. The van der Waals surface area contributed by atoms with Crippen LogP contribution in [0.1, 0.15) is 43.2 Å². The summed E-state index contributed by atoms with van der Waals surface area (Å²) in [4.78, 5) is 14.4. The Morgan fingerprint density at radius 1 is 1.30 bits per heavy atom. The molecule has 1 amide bonds.